The van der Waals surface area contributed by atoms with Crippen molar-refractivity contribution in [1.29, 1.82) is 0 Å². The van der Waals surface area contributed by atoms with Gasteiger partial charge in [-0.3, -0.25) is 0 Å². The molecule has 0 bridgehead atoms. The van der Waals surface area contributed by atoms with Crippen LogP contribution in [0.4, 0.5) is 5.69 Å². The molecule has 1 fully saturated rings. The van der Waals surface area contributed by atoms with Crippen LogP contribution in [-0.2, 0) is 6.42 Å². The summed E-state index contributed by atoms with van der Waals surface area (Å²) in [5, 5.41) is 0. The van der Waals surface area contributed by atoms with Gasteiger partial charge in [-0.2, -0.15) is 0 Å². The van der Waals surface area contributed by atoms with Crippen molar-refractivity contribution in [3.8, 4) is 0 Å². The Bertz CT molecular complexity index is 474. The Kier molecular flexibility index (Phi) is 5.73. The molecule has 0 radical (unpaired) electrons. The lowest BCUT2D eigenvalue weighted by Gasteiger charge is -2.43. The Balaban J connectivity index is 2.20. The van der Waals surface area contributed by atoms with Gasteiger partial charge >= 0.3 is 0 Å². The summed E-state index contributed by atoms with van der Waals surface area (Å²) >= 11 is 3.78. The number of anilines is 1. The van der Waals surface area contributed by atoms with E-state index in [2.05, 4.69) is 66.7 Å². The first-order chi connectivity index (χ1) is 9.92. The van der Waals surface area contributed by atoms with Gasteiger partial charge < -0.3 is 10.6 Å². The molecule has 0 amide bonds. The molecule has 0 aromatic heterocycles. The summed E-state index contributed by atoms with van der Waals surface area (Å²) in [6.07, 6.45) is 3.31. The van der Waals surface area contributed by atoms with Crippen LogP contribution in [0.3, 0.4) is 0 Å². The largest absolute Gasteiger partial charge is 0.367 e. The average Bonchev–Trinajstić information content (AvgIpc) is 2.43. The van der Waals surface area contributed by atoms with Gasteiger partial charge in [-0.25, -0.2) is 0 Å². The van der Waals surface area contributed by atoms with Gasteiger partial charge in [0.1, 0.15) is 0 Å². The third-order valence-electron chi connectivity index (χ3n) is 4.94. The van der Waals surface area contributed by atoms with E-state index in [1.807, 2.05) is 0 Å². The minimum absolute atomic E-state index is 0.261. The minimum Gasteiger partial charge on any atom is -0.367 e. The predicted molar refractivity (Wildman–Crippen MR) is 95.9 cm³/mol. The molecular weight excluding hydrogens is 324 g/mol. The zero-order valence-electron chi connectivity index (χ0n) is 13.8. The topological polar surface area (TPSA) is 29.3 Å². The molecule has 1 saturated heterocycles. The molecule has 2 N–H and O–H groups in total. The van der Waals surface area contributed by atoms with E-state index in [0.717, 1.165) is 31.2 Å². The van der Waals surface area contributed by atoms with Crippen molar-refractivity contribution in [2.45, 2.75) is 59.0 Å². The van der Waals surface area contributed by atoms with Crippen molar-refractivity contribution in [3.05, 3.63) is 28.2 Å². The summed E-state index contributed by atoms with van der Waals surface area (Å²) in [5.74, 6) is 1.50. The third-order valence-corrected chi connectivity index (χ3v) is 5.58. The van der Waals surface area contributed by atoms with Gasteiger partial charge in [0.15, 0.2) is 0 Å². The van der Waals surface area contributed by atoms with Crippen LogP contribution in [-0.4, -0.2) is 18.6 Å². The number of hydrogen-bond acceptors (Lipinski definition) is 2. The molecule has 1 aliphatic heterocycles. The standard InChI is InChI=1S/C18H29BrN2/c1-5-16(20)9-15-6-7-18(17(19)10-15)21-11-12(2)8-13(3)14(21)4/h6-7,10,12-14,16H,5,8-9,11,20H2,1-4H3. The number of piperidine rings is 1. The molecule has 1 heterocycles. The molecule has 1 aromatic rings. The van der Waals surface area contributed by atoms with Crippen LogP contribution < -0.4 is 10.6 Å². The van der Waals surface area contributed by atoms with E-state index in [-0.39, 0.29) is 6.04 Å². The normalized spacial score (nSPS) is 27.7. The second kappa shape index (κ2) is 7.15. The fourth-order valence-electron chi connectivity index (χ4n) is 3.39. The Hall–Kier alpha value is -0.540. The van der Waals surface area contributed by atoms with Crippen LogP contribution in [0.5, 0.6) is 0 Å². The first-order valence-electron chi connectivity index (χ1n) is 8.23. The molecule has 1 aromatic carbocycles. The SMILES string of the molecule is CCC(N)Cc1ccc(N2CC(C)CC(C)C2C)c(Br)c1. The molecule has 4 atom stereocenters. The summed E-state index contributed by atoms with van der Waals surface area (Å²) < 4.78 is 1.21. The van der Waals surface area contributed by atoms with Crippen LogP contribution in [0.2, 0.25) is 0 Å². The molecule has 3 heteroatoms. The Morgan fingerprint density at radius 3 is 2.67 bits per heavy atom. The summed E-state index contributed by atoms with van der Waals surface area (Å²) in [6.45, 7) is 10.4. The molecule has 4 unspecified atom stereocenters. The molecule has 0 saturated carbocycles. The van der Waals surface area contributed by atoms with Crippen LogP contribution in [0.15, 0.2) is 22.7 Å². The smallest absolute Gasteiger partial charge is 0.0513 e. The number of nitrogens with two attached hydrogens (primary N) is 1. The highest BCUT2D eigenvalue weighted by atomic mass is 79.9. The zero-order valence-corrected chi connectivity index (χ0v) is 15.4. The molecule has 1 aliphatic rings. The van der Waals surface area contributed by atoms with E-state index in [0.29, 0.717) is 6.04 Å². The molecule has 2 rings (SSSR count). The fraction of sp³-hybridized carbons (Fsp3) is 0.667. The lowest BCUT2D eigenvalue weighted by atomic mass is 9.85. The van der Waals surface area contributed by atoms with Crippen molar-refractivity contribution >= 4 is 21.6 Å². The summed E-state index contributed by atoms with van der Waals surface area (Å²) in [4.78, 5) is 2.56. The Morgan fingerprint density at radius 1 is 1.33 bits per heavy atom. The minimum atomic E-state index is 0.261. The van der Waals surface area contributed by atoms with Gasteiger partial charge in [0.25, 0.3) is 0 Å². The molecule has 0 spiro atoms. The summed E-state index contributed by atoms with van der Waals surface area (Å²) in [7, 11) is 0. The van der Waals surface area contributed by atoms with Crippen LogP contribution in [0, 0.1) is 11.8 Å². The summed E-state index contributed by atoms with van der Waals surface area (Å²) in [5.41, 5.74) is 8.72. The molecule has 118 valence electrons. The zero-order chi connectivity index (χ0) is 15.6. The summed E-state index contributed by atoms with van der Waals surface area (Å²) in [6, 6.07) is 7.62. The van der Waals surface area contributed by atoms with Crippen molar-refractivity contribution in [3.63, 3.8) is 0 Å². The molecular formula is C18H29BrN2. The highest BCUT2D eigenvalue weighted by Gasteiger charge is 2.29. The van der Waals surface area contributed by atoms with Crippen LogP contribution in [0.25, 0.3) is 0 Å². The maximum Gasteiger partial charge on any atom is 0.0513 e. The van der Waals surface area contributed by atoms with E-state index in [1.54, 1.807) is 0 Å². The van der Waals surface area contributed by atoms with Gasteiger partial charge in [-0.05, 0) is 71.6 Å². The van der Waals surface area contributed by atoms with Crippen molar-refractivity contribution in [1.82, 2.24) is 0 Å². The Morgan fingerprint density at radius 2 is 2.05 bits per heavy atom. The quantitative estimate of drug-likeness (QED) is 0.857. The van der Waals surface area contributed by atoms with Gasteiger partial charge in [0, 0.05) is 23.1 Å². The van der Waals surface area contributed by atoms with Crippen molar-refractivity contribution < 1.29 is 0 Å². The first kappa shape index (κ1) is 16.8. The number of rotatable bonds is 4. The lowest BCUT2D eigenvalue weighted by Crippen LogP contribution is -2.46. The van der Waals surface area contributed by atoms with Gasteiger partial charge in [-0.15, -0.1) is 0 Å². The van der Waals surface area contributed by atoms with Gasteiger partial charge in [-0.1, -0.05) is 26.8 Å². The third kappa shape index (κ3) is 4.01. The maximum absolute atomic E-state index is 6.07. The number of hydrogen-bond donors (Lipinski definition) is 1. The number of halogens is 1. The number of nitrogens with zero attached hydrogens (tertiary/aromatic N) is 1. The van der Waals surface area contributed by atoms with Crippen molar-refractivity contribution in [2.24, 2.45) is 17.6 Å². The second-order valence-electron chi connectivity index (χ2n) is 6.87. The van der Waals surface area contributed by atoms with Crippen molar-refractivity contribution in [2.75, 3.05) is 11.4 Å². The lowest BCUT2D eigenvalue weighted by molar-refractivity contribution is 0.297. The second-order valence-corrected chi connectivity index (χ2v) is 7.72. The highest BCUT2D eigenvalue weighted by molar-refractivity contribution is 9.10. The molecule has 2 nitrogen and oxygen atoms in total. The Labute approximate surface area is 138 Å². The highest BCUT2D eigenvalue weighted by Crippen LogP contribution is 2.35. The van der Waals surface area contributed by atoms with E-state index >= 15 is 0 Å². The maximum atomic E-state index is 6.07. The van der Waals surface area contributed by atoms with E-state index in [4.69, 9.17) is 5.73 Å². The van der Waals surface area contributed by atoms with E-state index in [1.165, 1.54) is 22.1 Å². The number of benzene rings is 1. The first-order valence-corrected chi connectivity index (χ1v) is 9.02. The fourth-order valence-corrected chi connectivity index (χ4v) is 4.04. The van der Waals surface area contributed by atoms with Crippen LogP contribution >= 0.6 is 15.9 Å². The monoisotopic (exact) mass is 352 g/mol. The van der Waals surface area contributed by atoms with Crippen LogP contribution in [0.1, 0.15) is 46.1 Å². The van der Waals surface area contributed by atoms with Gasteiger partial charge in [0.2, 0.25) is 0 Å². The predicted octanol–water partition coefficient (Wildman–Crippen LogP) is 4.60. The van der Waals surface area contributed by atoms with Gasteiger partial charge in [0.05, 0.1) is 5.69 Å². The molecule has 21 heavy (non-hydrogen) atoms. The average molecular weight is 353 g/mol. The van der Waals surface area contributed by atoms with E-state index < -0.39 is 0 Å². The van der Waals surface area contributed by atoms with E-state index in [9.17, 15) is 0 Å². The molecule has 0 aliphatic carbocycles.